The van der Waals surface area contributed by atoms with Crippen molar-refractivity contribution in [2.45, 2.75) is 19.3 Å². The lowest BCUT2D eigenvalue weighted by Gasteiger charge is -2.43. The molecule has 2 nitrogen and oxygen atoms in total. The fraction of sp³-hybridized carbons (Fsp3) is 0.0545. The first-order chi connectivity index (χ1) is 28.0. The van der Waals surface area contributed by atoms with Crippen LogP contribution in [0.2, 0.25) is 0 Å². The highest BCUT2D eigenvalue weighted by molar-refractivity contribution is 6.07. The Hall–Kier alpha value is -7.16. The Morgan fingerprint density at radius 3 is 1.61 bits per heavy atom. The summed E-state index contributed by atoms with van der Waals surface area (Å²) in [5.74, 6) is 0. The molecule has 1 aliphatic heterocycles. The molecule has 272 valence electrons. The first-order valence-electron chi connectivity index (χ1n) is 19.8. The van der Waals surface area contributed by atoms with Gasteiger partial charge in [0.1, 0.15) is 0 Å². The van der Waals surface area contributed by atoms with E-state index in [0.717, 1.165) is 17.1 Å². The van der Waals surface area contributed by atoms with Gasteiger partial charge in [-0.05, 0) is 105 Å². The average Bonchev–Trinajstić information content (AvgIpc) is 3.28. The monoisotopic (exact) mass is 730 g/mol. The van der Waals surface area contributed by atoms with Gasteiger partial charge in [-0.3, -0.25) is 0 Å². The van der Waals surface area contributed by atoms with Crippen molar-refractivity contribution in [2.75, 3.05) is 9.80 Å². The van der Waals surface area contributed by atoms with Crippen LogP contribution in [0, 0.1) is 0 Å². The van der Waals surface area contributed by atoms with Gasteiger partial charge < -0.3 is 9.80 Å². The first kappa shape index (κ1) is 34.3. The Morgan fingerprint density at radius 2 is 0.895 bits per heavy atom. The van der Waals surface area contributed by atoms with Gasteiger partial charge in [-0.2, -0.15) is 0 Å². The zero-order chi connectivity index (χ0) is 38.3. The molecule has 10 rings (SSSR count). The third-order valence-electron chi connectivity index (χ3n) is 11.6. The average molecular weight is 731 g/mol. The van der Waals surface area contributed by atoms with Crippen LogP contribution < -0.4 is 9.80 Å². The van der Waals surface area contributed by atoms with Crippen LogP contribution in [0.4, 0.5) is 34.1 Å². The Balaban J connectivity index is 1.07. The zero-order valence-electron chi connectivity index (χ0n) is 32.2. The van der Waals surface area contributed by atoms with Crippen molar-refractivity contribution in [3.63, 3.8) is 0 Å². The van der Waals surface area contributed by atoms with Gasteiger partial charge in [0, 0.05) is 33.4 Å². The molecule has 1 aliphatic rings. The lowest BCUT2D eigenvalue weighted by Crippen LogP contribution is -2.31. The van der Waals surface area contributed by atoms with Crippen LogP contribution in [0.3, 0.4) is 0 Å². The molecule has 9 aromatic carbocycles. The molecule has 0 fully saturated rings. The van der Waals surface area contributed by atoms with Crippen LogP contribution in [0.25, 0.3) is 44.2 Å². The number of para-hydroxylation sites is 3. The molecule has 0 amide bonds. The predicted octanol–water partition coefficient (Wildman–Crippen LogP) is 15.4. The van der Waals surface area contributed by atoms with E-state index in [-0.39, 0.29) is 5.41 Å². The van der Waals surface area contributed by atoms with Gasteiger partial charge in [-0.1, -0.05) is 172 Å². The van der Waals surface area contributed by atoms with Crippen LogP contribution in [0.1, 0.15) is 25.0 Å². The van der Waals surface area contributed by atoms with E-state index in [1.54, 1.807) is 0 Å². The fourth-order valence-electron chi connectivity index (χ4n) is 8.75. The molecule has 0 aromatic heterocycles. The summed E-state index contributed by atoms with van der Waals surface area (Å²) in [7, 11) is 0. The van der Waals surface area contributed by atoms with Crippen molar-refractivity contribution in [2.24, 2.45) is 0 Å². The summed E-state index contributed by atoms with van der Waals surface area (Å²) in [6, 6.07) is 79.3. The molecule has 2 heteroatoms. The minimum atomic E-state index is -0.229. The van der Waals surface area contributed by atoms with Gasteiger partial charge in [0.2, 0.25) is 0 Å². The van der Waals surface area contributed by atoms with E-state index in [1.807, 2.05) is 0 Å². The van der Waals surface area contributed by atoms with Crippen molar-refractivity contribution in [3.05, 3.63) is 230 Å². The Kier molecular flexibility index (Phi) is 8.53. The van der Waals surface area contributed by atoms with E-state index in [0.29, 0.717) is 0 Å². The maximum Gasteiger partial charge on any atom is 0.0618 e. The second kappa shape index (κ2) is 14.2. The molecule has 9 aromatic rings. The lowest BCUT2D eigenvalue weighted by molar-refractivity contribution is 0.632. The smallest absolute Gasteiger partial charge is 0.0618 e. The van der Waals surface area contributed by atoms with Gasteiger partial charge in [0.25, 0.3) is 0 Å². The number of fused-ring (bicyclic) bond motifs is 3. The molecule has 0 saturated carbocycles. The summed E-state index contributed by atoms with van der Waals surface area (Å²) in [5, 5.41) is 2.46. The molecule has 0 saturated heterocycles. The number of benzene rings is 9. The van der Waals surface area contributed by atoms with Crippen LogP contribution in [0.15, 0.2) is 218 Å². The standard InChI is InChI=1S/C55H42N2/c1-55(2)50-27-14-15-28-52(50)57(54-48-26-13-12-19-41(48)31-35-49(54)40-17-6-3-7-18-40)53-36-32-44(38-51(53)55)43-21-16-20-42(37-43)39-29-33-47(34-30-39)56(45-22-8-4-9-23-45)46-24-10-5-11-25-46/h3-38H,1-2H3. The van der Waals surface area contributed by atoms with Gasteiger partial charge >= 0.3 is 0 Å². The Labute approximate surface area is 335 Å². The quantitative estimate of drug-likeness (QED) is 0.161. The van der Waals surface area contributed by atoms with Gasteiger partial charge in [-0.15, -0.1) is 0 Å². The van der Waals surface area contributed by atoms with Crippen molar-refractivity contribution in [1.82, 2.24) is 0 Å². The van der Waals surface area contributed by atoms with E-state index in [2.05, 4.69) is 242 Å². The highest BCUT2D eigenvalue weighted by atomic mass is 15.2. The van der Waals surface area contributed by atoms with Crippen molar-refractivity contribution < 1.29 is 0 Å². The van der Waals surface area contributed by atoms with E-state index in [1.165, 1.54) is 72.3 Å². The molecular formula is C55H42N2. The molecule has 0 N–H and O–H groups in total. The highest BCUT2D eigenvalue weighted by Gasteiger charge is 2.38. The number of hydrogen-bond acceptors (Lipinski definition) is 2. The van der Waals surface area contributed by atoms with Crippen LogP contribution in [0.5, 0.6) is 0 Å². The SMILES string of the molecule is CC1(C)c2ccccc2N(c2c(-c3ccccc3)ccc3ccccc23)c2ccc(-c3cccc(-c4ccc(N(c5ccccc5)c5ccccc5)cc4)c3)cc21. The van der Waals surface area contributed by atoms with E-state index < -0.39 is 0 Å². The van der Waals surface area contributed by atoms with E-state index >= 15 is 0 Å². The van der Waals surface area contributed by atoms with E-state index in [4.69, 9.17) is 0 Å². The van der Waals surface area contributed by atoms with Crippen LogP contribution in [-0.2, 0) is 5.41 Å². The Morgan fingerprint density at radius 1 is 0.368 bits per heavy atom. The van der Waals surface area contributed by atoms with Gasteiger partial charge in [0.05, 0.1) is 17.1 Å². The van der Waals surface area contributed by atoms with Gasteiger partial charge in [0.15, 0.2) is 0 Å². The summed E-state index contributed by atoms with van der Waals surface area (Å²) in [6.07, 6.45) is 0. The predicted molar refractivity (Wildman–Crippen MR) is 242 cm³/mol. The maximum absolute atomic E-state index is 2.52. The summed E-state index contributed by atoms with van der Waals surface area (Å²) in [6.45, 7) is 4.75. The lowest BCUT2D eigenvalue weighted by atomic mass is 9.72. The van der Waals surface area contributed by atoms with Crippen molar-refractivity contribution >= 4 is 44.9 Å². The fourth-order valence-corrected chi connectivity index (χ4v) is 8.75. The summed E-state index contributed by atoms with van der Waals surface area (Å²) < 4.78 is 0. The second-order valence-corrected chi connectivity index (χ2v) is 15.4. The van der Waals surface area contributed by atoms with Crippen LogP contribution >= 0.6 is 0 Å². The summed E-state index contributed by atoms with van der Waals surface area (Å²) in [5.41, 5.74) is 16.6. The van der Waals surface area contributed by atoms with Crippen molar-refractivity contribution in [3.8, 4) is 33.4 Å². The minimum Gasteiger partial charge on any atom is -0.311 e. The third kappa shape index (κ3) is 6.07. The second-order valence-electron chi connectivity index (χ2n) is 15.4. The minimum absolute atomic E-state index is 0.229. The maximum atomic E-state index is 2.52. The molecular weight excluding hydrogens is 689 g/mol. The van der Waals surface area contributed by atoms with Crippen molar-refractivity contribution in [1.29, 1.82) is 0 Å². The molecule has 0 bridgehead atoms. The van der Waals surface area contributed by atoms with E-state index in [9.17, 15) is 0 Å². The Bertz CT molecular complexity index is 2820. The van der Waals surface area contributed by atoms with Gasteiger partial charge in [-0.25, -0.2) is 0 Å². The van der Waals surface area contributed by atoms with Crippen LogP contribution in [-0.4, -0.2) is 0 Å². The summed E-state index contributed by atoms with van der Waals surface area (Å²) in [4.78, 5) is 4.83. The molecule has 0 unspecified atom stereocenters. The zero-order valence-corrected chi connectivity index (χ0v) is 32.2. The first-order valence-corrected chi connectivity index (χ1v) is 19.8. The molecule has 0 spiro atoms. The molecule has 0 radical (unpaired) electrons. The molecule has 1 heterocycles. The normalized spacial score (nSPS) is 12.8. The summed E-state index contributed by atoms with van der Waals surface area (Å²) >= 11 is 0. The topological polar surface area (TPSA) is 6.48 Å². The third-order valence-corrected chi connectivity index (χ3v) is 11.6. The number of nitrogens with zero attached hydrogens (tertiary/aromatic N) is 2. The highest BCUT2D eigenvalue weighted by Crippen LogP contribution is 2.55. The molecule has 0 aliphatic carbocycles. The number of anilines is 6. The number of rotatable bonds is 7. The number of hydrogen-bond donors (Lipinski definition) is 0. The largest absolute Gasteiger partial charge is 0.311 e. The molecule has 57 heavy (non-hydrogen) atoms. The molecule has 0 atom stereocenters.